The number of carbonyl (C=O) groups is 1. The number of hydrogen-bond donors (Lipinski definition) is 2. The summed E-state index contributed by atoms with van der Waals surface area (Å²) in [6.45, 7) is 0.486. The first kappa shape index (κ1) is 30.9. The van der Waals surface area contributed by atoms with E-state index in [1.54, 1.807) is 75.0 Å². The van der Waals surface area contributed by atoms with Gasteiger partial charge in [0, 0.05) is 41.0 Å². The molecule has 0 radical (unpaired) electrons. The number of carbonyl (C=O) groups excluding carboxylic acids is 1. The van der Waals surface area contributed by atoms with Gasteiger partial charge in [-0.1, -0.05) is 48.0 Å². The molecule has 0 spiro atoms. The minimum absolute atomic E-state index is 0.0143. The van der Waals surface area contributed by atoms with Crippen LogP contribution in [0.1, 0.15) is 15.9 Å². The van der Waals surface area contributed by atoms with Crippen LogP contribution < -0.4 is 26.0 Å². The Labute approximate surface area is 256 Å². The molecule has 0 fully saturated rings. The first-order chi connectivity index (χ1) is 21.5. The number of alkyl halides is 3. The lowest BCUT2D eigenvalue weighted by Gasteiger charge is -2.15. The third kappa shape index (κ3) is 6.98. The number of aromatic nitrogens is 2. The lowest BCUT2D eigenvalue weighted by molar-refractivity contribution is -0.140. The van der Waals surface area contributed by atoms with E-state index >= 15 is 0 Å². The highest BCUT2D eigenvalue weighted by Crippen LogP contribution is 2.35. The van der Waals surface area contributed by atoms with Gasteiger partial charge in [-0.25, -0.2) is 4.98 Å². The average molecular weight is 615 g/mol. The molecule has 0 aliphatic rings. The number of nitrogens with two attached hydrogens (primary N) is 1. The van der Waals surface area contributed by atoms with Gasteiger partial charge in [0.2, 0.25) is 5.43 Å². The number of rotatable bonds is 8. The number of halogens is 3. The molecule has 11 heteroatoms. The number of aryl methyl sites for hydroxylation is 1. The molecule has 5 aromatic rings. The SMILES string of the molecule is COc1ccc(-c2cnc(N)c(-c3ccc(NC(=O)c4cn(CC(F)(F)F)cc(-c5ccc(C)cc5)c4=O)cc3)c2)cc1OC. The normalized spacial score (nSPS) is 11.2. The highest BCUT2D eigenvalue weighted by Gasteiger charge is 2.29. The zero-order chi connectivity index (χ0) is 32.3. The third-order valence-electron chi connectivity index (χ3n) is 7.14. The van der Waals surface area contributed by atoms with E-state index in [2.05, 4.69) is 10.3 Å². The Kier molecular flexibility index (Phi) is 8.62. The molecule has 0 saturated carbocycles. The summed E-state index contributed by atoms with van der Waals surface area (Å²) in [4.78, 5) is 30.9. The number of anilines is 2. The Morgan fingerprint density at radius 1 is 0.844 bits per heavy atom. The molecule has 0 aliphatic carbocycles. The first-order valence-corrected chi connectivity index (χ1v) is 13.7. The Hall–Kier alpha value is -5.58. The van der Waals surface area contributed by atoms with Crippen molar-refractivity contribution in [2.45, 2.75) is 19.6 Å². The zero-order valence-electron chi connectivity index (χ0n) is 24.6. The van der Waals surface area contributed by atoms with Crippen LogP contribution in [-0.4, -0.2) is 35.9 Å². The number of benzene rings is 3. The van der Waals surface area contributed by atoms with E-state index in [-0.39, 0.29) is 11.4 Å². The Bertz CT molecular complexity index is 1920. The van der Waals surface area contributed by atoms with Crippen LogP contribution in [0.15, 0.2) is 96.2 Å². The second-order valence-corrected chi connectivity index (χ2v) is 10.3. The molecule has 1 amide bonds. The van der Waals surface area contributed by atoms with Gasteiger partial charge in [0.1, 0.15) is 17.9 Å². The quantitative estimate of drug-likeness (QED) is 0.196. The minimum atomic E-state index is -4.56. The molecule has 5 rings (SSSR count). The molecule has 0 aliphatic heterocycles. The van der Waals surface area contributed by atoms with E-state index in [0.717, 1.165) is 33.7 Å². The molecule has 8 nitrogen and oxygen atoms in total. The van der Waals surface area contributed by atoms with Crippen molar-refractivity contribution in [1.82, 2.24) is 9.55 Å². The van der Waals surface area contributed by atoms with Crippen LogP contribution >= 0.6 is 0 Å². The summed E-state index contributed by atoms with van der Waals surface area (Å²) in [5.41, 5.74) is 9.68. The monoisotopic (exact) mass is 614 g/mol. The predicted octanol–water partition coefficient (Wildman–Crippen LogP) is 6.97. The summed E-state index contributed by atoms with van der Waals surface area (Å²) in [7, 11) is 3.10. The highest BCUT2D eigenvalue weighted by atomic mass is 19.4. The molecule has 3 aromatic carbocycles. The molecule has 2 aromatic heterocycles. The summed E-state index contributed by atoms with van der Waals surface area (Å²) >= 11 is 0. The van der Waals surface area contributed by atoms with E-state index < -0.39 is 29.6 Å². The largest absolute Gasteiger partial charge is 0.493 e. The van der Waals surface area contributed by atoms with Crippen LogP contribution in [0.2, 0.25) is 0 Å². The predicted molar refractivity (Wildman–Crippen MR) is 168 cm³/mol. The number of ether oxygens (including phenoxy) is 2. The van der Waals surface area contributed by atoms with Crippen molar-refractivity contribution in [1.29, 1.82) is 0 Å². The second kappa shape index (κ2) is 12.6. The summed E-state index contributed by atoms with van der Waals surface area (Å²) in [6.07, 6.45) is -0.883. The smallest absolute Gasteiger partial charge is 0.406 e. The van der Waals surface area contributed by atoms with E-state index in [1.165, 1.54) is 0 Å². The molecule has 0 unspecified atom stereocenters. The summed E-state index contributed by atoms with van der Waals surface area (Å²) in [6, 6.07) is 20.7. The second-order valence-electron chi connectivity index (χ2n) is 10.3. The van der Waals surface area contributed by atoms with Crippen molar-refractivity contribution in [3.8, 4) is 44.9 Å². The van der Waals surface area contributed by atoms with Crippen LogP contribution in [0.4, 0.5) is 24.7 Å². The Morgan fingerprint density at radius 3 is 2.11 bits per heavy atom. The summed E-state index contributed by atoms with van der Waals surface area (Å²) < 4.78 is 51.4. The summed E-state index contributed by atoms with van der Waals surface area (Å²) in [5, 5.41) is 2.62. The van der Waals surface area contributed by atoms with Crippen LogP contribution in [0.5, 0.6) is 11.5 Å². The maximum atomic E-state index is 13.3. The van der Waals surface area contributed by atoms with Crippen molar-refractivity contribution in [2.24, 2.45) is 0 Å². The van der Waals surface area contributed by atoms with Gasteiger partial charge in [-0.05, 0) is 53.9 Å². The molecule has 0 saturated heterocycles. The van der Waals surface area contributed by atoms with Crippen molar-refractivity contribution >= 4 is 17.4 Å². The lowest BCUT2D eigenvalue weighted by atomic mass is 10.0. The number of amides is 1. The highest BCUT2D eigenvalue weighted by molar-refractivity contribution is 6.04. The van der Waals surface area contributed by atoms with Crippen LogP contribution in [0.25, 0.3) is 33.4 Å². The average Bonchev–Trinajstić information content (AvgIpc) is 3.02. The fourth-order valence-corrected chi connectivity index (χ4v) is 4.84. The van der Waals surface area contributed by atoms with Gasteiger partial charge in [0.25, 0.3) is 5.91 Å². The molecule has 0 bridgehead atoms. The fourth-order valence-electron chi connectivity index (χ4n) is 4.84. The van der Waals surface area contributed by atoms with Crippen molar-refractivity contribution in [2.75, 3.05) is 25.3 Å². The van der Waals surface area contributed by atoms with Gasteiger partial charge in [0.15, 0.2) is 11.5 Å². The number of hydrogen-bond acceptors (Lipinski definition) is 6. The summed E-state index contributed by atoms with van der Waals surface area (Å²) in [5.74, 6) is 0.593. The molecule has 0 atom stereocenters. The first-order valence-electron chi connectivity index (χ1n) is 13.7. The fraction of sp³-hybridized carbons (Fsp3) is 0.147. The molecular weight excluding hydrogens is 585 g/mol. The Morgan fingerprint density at radius 2 is 1.47 bits per heavy atom. The minimum Gasteiger partial charge on any atom is -0.493 e. The van der Waals surface area contributed by atoms with Crippen LogP contribution in [-0.2, 0) is 6.54 Å². The maximum absolute atomic E-state index is 13.3. The lowest BCUT2D eigenvalue weighted by Crippen LogP contribution is -2.27. The van der Waals surface area contributed by atoms with Crippen molar-refractivity contribution in [3.05, 3.63) is 113 Å². The van der Waals surface area contributed by atoms with E-state index in [4.69, 9.17) is 15.2 Å². The number of methoxy groups -OCH3 is 2. The topological polar surface area (TPSA) is 108 Å². The van der Waals surface area contributed by atoms with Crippen molar-refractivity contribution in [3.63, 3.8) is 0 Å². The zero-order valence-corrected chi connectivity index (χ0v) is 24.6. The standard InChI is InChI=1S/C34H29F3N4O4/c1-20-4-6-22(7-5-20)27-17-41(19-34(35,36)37)18-28(31(27)42)33(43)40-25-11-8-21(9-12-25)26-14-24(16-39-32(26)38)23-10-13-29(44-2)30(15-23)45-3/h4-18H,19H2,1-3H3,(H2,38,39)(H,40,43). The molecule has 2 heterocycles. The van der Waals surface area contributed by atoms with Gasteiger partial charge in [-0.2, -0.15) is 13.2 Å². The molecule has 230 valence electrons. The van der Waals surface area contributed by atoms with Gasteiger partial charge in [-0.15, -0.1) is 0 Å². The molecular formula is C34H29F3N4O4. The number of nitrogen functional groups attached to an aromatic ring is 1. The van der Waals surface area contributed by atoms with Crippen LogP contribution in [0.3, 0.4) is 0 Å². The number of nitrogens with one attached hydrogen (secondary N) is 1. The van der Waals surface area contributed by atoms with E-state index in [9.17, 15) is 22.8 Å². The van der Waals surface area contributed by atoms with Crippen molar-refractivity contribution < 1.29 is 27.4 Å². The number of nitrogens with zero attached hydrogens (tertiary/aromatic N) is 2. The molecule has 45 heavy (non-hydrogen) atoms. The number of pyridine rings is 2. The molecule has 3 N–H and O–H groups in total. The van der Waals surface area contributed by atoms with Gasteiger partial charge >= 0.3 is 6.18 Å². The Balaban J connectivity index is 1.43. The van der Waals surface area contributed by atoms with Gasteiger partial charge in [-0.3, -0.25) is 9.59 Å². The van der Waals surface area contributed by atoms with E-state index in [1.807, 2.05) is 25.1 Å². The van der Waals surface area contributed by atoms with Gasteiger partial charge < -0.3 is 25.1 Å². The van der Waals surface area contributed by atoms with E-state index in [0.29, 0.717) is 33.9 Å². The van der Waals surface area contributed by atoms with Gasteiger partial charge in [0.05, 0.1) is 14.2 Å². The maximum Gasteiger partial charge on any atom is 0.406 e. The van der Waals surface area contributed by atoms with Crippen LogP contribution in [0, 0.1) is 6.92 Å². The third-order valence-corrected chi connectivity index (χ3v) is 7.14.